The summed E-state index contributed by atoms with van der Waals surface area (Å²) in [5.41, 5.74) is 2.87. The molecule has 160 valence electrons. The van der Waals surface area contributed by atoms with Crippen molar-refractivity contribution in [3.63, 3.8) is 0 Å². The van der Waals surface area contributed by atoms with Gasteiger partial charge in [-0.25, -0.2) is 0 Å². The van der Waals surface area contributed by atoms with E-state index in [4.69, 9.17) is 4.74 Å². The van der Waals surface area contributed by atoms with E-state index in [1.165, 1.54) is 0 Å². The SMILES string of the molecule is O=C(CC(NC(=O)C(CS)Cc1ccccc1)c1ccccc1)OCc1ccccc1. The summed E-state index contributed by atoms with van der Waals surface area (Å²) in [5, 5.41) is 3.05. The molecular weight excluding hydrogens is 406 g/mol. The van der Waals surface area contributed by atoms with E-state index < -0.39 is 6.04 Å². The lowest BCUT2D eigenvalue weighted by Gasteiger charge is -2.22. The molecule has 0 bridgehead atoms. The smallest absolute Gasteiger partial charge is 0.308 e. The molecule has 0 spiro atoms. The molecule has 0 saturated carbocycles. The van der Waals surface area contributed by atoms with Gasteiger partial charge in [0, 0.05) is 5.75 Å². The topological polar surface area (TPSA) is 55.4 Å². The Bertz CT molecular complexity index is 948. The fraction of sp³-hybridized carbons (Fsp3) is 0.231. The lowest BCUT2D eigenvalue weighted by Crippen LogP contribution is -2.37. The maximum Gasteiger partial charge on any atom is 0.308 e. The average molecular weight is 434 g/mol. The highest BCUT2D eigenvalue weighted by molar-refractivity contribution is 7.80. The fourth-order valence-electron chi connectivity index (χ4n) is 3.33. The van der Waals surface area contributed by atoms with Crippen LogP contribution in [-0.2, 0) is 27.4 Å². The van der Waals surface area contributed by atoms with E-state index in [2.05, 4.69) is 17.9 Å². The van der Waals surface area contributed by atoms with Crippen molar-refractivity contribution in [2.45, 2.75) is 25.5 Å². The van der Waals surface area contributed by atoms with Gasteiger partial charge in [-0.2, -0.15) is 12.6 Å². The Kier molecular flexibility index (Phi) is 8.73. The first-order chi connectivity index (χ1) is 15.2. The lowest BCUT2D eigenvalue weighted by atomic mass is 9.98. The van der Waals surface area contributed by atoms with E-state index in [1.807, 2.05) is 91.0 Å². The van der Waals surface area contributed by atoms with Gasteiger partial charge in [0.1, 0.15) is 6.61 Å². The molecule has 4 nitrogen and oxygen atoms in total. The van der Waals surface area contributed by atoms with Gasteiger partial charge in [-0.05, 0) is 23.1 Å². The van der Waals surface area contributed by atoms with Crippen LogP contribution in [0.15, 0.2) is 91.0 Å². The maximum atomic E-state index is 13.0. The zero-order chi connectivity index (χ0) is 21.9. The Balaban J connectivity index is 1.65. The fourth-order valence-corrected chi connectivity index (χ4v) is 3.62. The number of esters is 1. The van der Waals surface area contributed by atoms with Gasteiger partial charge in [0.05, 0.1) is 18.4 Å². The summed E-state index contributed by atoms with van der Waals surface area (Å²) in [6, 6.07) is 28.4. The first kappa shape index (κ1) is 22.6. The summed E-state index contributed by atoms with van der Waals surface area (Å²) in [5.74, 6) is -0.356. The molecule has 0 fully saturated rings. The summed E-state index contributed by atoms with van der Waals surface area (Å²) in [7, 11) is 0. The van der Waals surface area contributed by atoms with Crippen LogP contribution in [0.1, 0.15) is 29.2 Å². The molecule has 0 heterocycles. The van der Waals surface area contributed by atoms with Crippen molar-refractivity contribution in [2.24, 2.45) is 5.92 Å². The van der Waals surface area contributed by atoms with E-state index in [9.17, 15) is 9.59 Å². The van der Waals surface area contributed by atoms with E-state index >= 15 is 0 Å². The van der Waals surface area contributed by atoms with Crippen LogP contribution in [0.4, 0.5) is 0 Å². The second-order valence-corrected chi connectivity index (χ2v) is 7.76. The number of carbonyl (C=O) groups is 2. The van der Waals surface area contributed by atoms with E-state index in [0.717, 1.165) is 16.7 Å². The predicted molar refractivity (Wildman–Crippen MR) is 126 cm³/mol. The molecule has 0 saturated heterocycles. The average Bonchev–Trinajstić information content (AvgIpc) is 2.82. The first-order valence-electron chi connectivity index (χ1n) is 10.4. The lowest BCUT2D eigenvalue weighted by molar-refractivity contribution is -0.145. The molecule has 1 amide bonds. The number of amides is 1. The normalized spacial score (nSPS) is 12.5. The zero-order valence-corrected chi connectivity index (χ0v) is 18.2. The number of hydrogen-bond donors (Lipinski definition) is 2. The molecule has 0 radical (unpaired) electrons. The number of benzene rings is 3. The van der Waals surface area contributed by atoms with Crippen molar-refractivity contribution in [1.82, 2.24) is 5.32 Å². The molecule has 2 atom stereocenters. The minimum Gasteiger partial charge on any atom is -0.461 e. The van der Waals surface area contributed by atoms with Crippen molar-refractivity contribution < 1.29 is 14.3 Å². The van der Waals surface area contributed by atoms with Crippen molar-refractivity contribution >= 4 is 24.5 Å². The molecule has 1 N–H and O–H groups in total. The van der Waals surface area contributed by atoms with Gasteiger partial charge < -0.3 is 10.1 Å². The quantitative estimate of drug-likeness (QED) is 0.358. The van der Waals surface area contributed by atoms with Crippen LogP contribution in [0.25, 0.3) is 0 Å². The van der Waals surface area contributed by atoms with Crippen LogP contribution in [-0.4, -0.2) is 17.6 Å². The Morgan fingerprint density at radius 1 is 0.806 bits per heavy atom. The molecule has 3 aromatic rings. The van der Waals surface area contributed by atoms with Crippen LogP contribution in [0, 0.1) is 5.92 Å². The molecular formula is C26H27NO3S. The number of ether oxygens (including phenoxy) is 1. The number of rotatable bonds is 10. The zero-order valence-electron chi connectivity index (χ0n) is 17.3. The number of carbonyl (C=O) groups excluding carboxylic acids is 2. The minimum atomic E-state index is -0.463. The Morgan fingerprint density at radius 3 is 1.94 bits per heavy atom. The van der Waals surface area contributed by atoms with Crippen molar-refractivity contribution in [3.8, 4) is 0 Å². The molecule has 0 aliphatic heterocycles. The highest BCUT2D eigenvalue weighted by Gasteiger charge is 2.24. The van der Waals surface area contributed by atoms with Gasteiger partial charge in [0.2, 0.25) is 5.91 Å². The summed E-state index contributed by atoms with van der Waals surface area (Å²) in [6.45, 7) is 0.211. The van der Waals surface area contributed by atoms with Crippen molar-refractivity contribution in [2.75, 3.05) is 5.75 Å². The van der Waals surface area contributed by atoms with Crippen LogP contribution >= 0.6 is 12.6 Å². The minimum absolute atomic E-state index is 0.0627. The third-order valence-electron chi connectivity index (χ3n) is 5.05. The molecule has 5 heteroatoms. The summed E-state index contributed by atoms with van der Waals surface area (Å²) >= 11 is 4.39. The van der Waals surface area contributed by atoms with E-state index in [-0.39, 0.29) is 30.8 Å². The number of hydrogen-bond acceptors (Lipinski definition) is 4. The van der Waals surface area contributed by atoms with Crippen LogP contribution in [0.3, 0.4) is 0 Å². The standard InChI is InChI=1S/C26H27NO3S/c28-25(30-18-21-12-6-2-7-13-21)17-24(22-14-8-3-9-15-22)27-26(29)23(19-31)16-20-10-4-1-5-11-20/h1-15,23-24,31H,16-19H2,(H,27,29). The second kappa shape index (κ2) is 12.0. The van der Waals surface area contributed by atoms with Gasteiger partial charge >= 0.3 is 5.97 Å². The second-order valence-electron chi connectivity index (χ2n) is 7.39. The molecule has 2 unspecified atom stereocenters. The predicted octanol–water partition coefficient (Wildman–Crippen LogP) is 4.77. The molecule has 31 heavy (non-hydrogen) atoms. The van der Waals surface area contributed by atoms with Gasteiger partial charge in [-0.15, -0.1) is 0 Å². The molecule has 0 aliphatic carbocycles. The Labute approximate surface area is 189 Å². The van der Waals surface area contributed by atoms with Crippen molar-refractivity contribution in [1.29, 1.82) is 0 Å². The summed E-state index contributed by atoms with van der Waals surface area (Å²) < 4.78 is 5.44. The number of thiol groups is 1. The summed E-state index contributed by atoms with van der Waals surface area (Å²) in [6.07, 6.45) is 0.656. The maximum absolute atomic E-state index is 13.0. The molecule has 3 rings (SSSR count). The highest BCUT2D eigenvalue weighted by atomic mass is 32.1. The monoisotopic (exact) mass is 433 g/mol. The van der Waals surface area contributed by atoms with Gasteiger partial charge in [-0.1, -0.05) is 91.0 Å². The van der Waals surface area contributed by atoms with Crippen LogP contribution in [0.2, 0.25) is 0 Å². The molecule has 0 aromatic heterocycles. The molecule has 0 aliphatic rings. The largest absolute Gasteiger partial charge is 0.461 e. The molecule has 3 aromatic carbocycles. The van der Waals surface area contributed by atoms with Crippen LogP contribution < -0.4 is 5.32 Å². The van der Waals surface area contributed by atoms with Crippen molar-refractivity contribution in [3.05, 3.63) is 108 Å². The van der Waals surface area contributed by atoms with Gasteiger partial charge in [0.15, 0.2) is 0 Å². The third-order valence-corrected chi connectivity index (χ3v) is 5.49. The summed E-state index contributed by atoms with van der Waals surface area (Å²) in [4.78, 5) is 25.5. The van der Waals surface area contributed by atoms with Gasteiger partial charge in [0.25, 0.3) is 0 Å². The Morgan fingerprint density at radius 2 is 1.35 bits per heavy atom. The highest BCUT2D eigenvalue weighted by Crippen LogP contribution is 2.20. The van der Waals surface area contributed by atoms with E-state index in [1.54, 1.807) is 0 Å². The number of nitrogens with one attached hydrogen (secondary N) is 1. The Hall–Kier alpha value is -3.05. The van der Waals surface area contributed by atoms with E-state index in [0.29, 0.717) is 12.2 Å². The van der Waals surface area contributed by atoms with Gasteiger partial charge in [-0.3, -0.25) is 9.59 Å². The third kappa shape index (κ3) is 7.30. The first-order valence-corrected chi connectivity index (χ1v) is 11.0. The van der Waals surface area contributed by atoms with Crippen LogP contribution in [0.5, 0.6) is 0 Å².